The largest absolute Gasteiger partial charge is 0.151 e. The maximum Gasteiger partial charge on any atom is 0.0474 e. The van der Waals surface area contributed by atoms with E-state index < -0.39 is 0 Å². The molecule has 0 bridgehead atoms. The Morgan fingerprint density at radius 3 is 1.75 bits per heavy atom. The van der Waals surface area contributed by atoms with Gasteiger partial charge in [0.05, 0.1) is 0 Å². The van der Waals surface area contributed by atoms with Gasteiger partial charge in [0.25, 0.3) is 0 Å². The van der Waals surface area contributed by atoms with Crippen molar-refractivity contribution >= 4 is 23.5 Å². The molecule has 0 rings (SSSR count). The minimum Gasteiger partial charge on any atom is -0.151 e. The van der Waals surface area contributed by atoms with Crippen LogP contribution in [0, 0.1) is 0 Å². The third-order valence-electron chi connectivity index (χ3n) is 0.796. The van der Waals surface area contributed by atoms with E-state index in [0.29, 0.717) is 0 Å². The summed E-state index contributed by atoms with van der Waals surface area (Å²) in [5.74, 6) is 0. The predicted molar refractivity (Wildman–Crippen MR) is 45.7 cm³/mol. The average molecular weight is 150 g/mol. The number of hydrogen-bond acceptors (Lipinski definition) is 2. The monoisotopic (exact) mass is 150 g/mol. The van der Waals surface area contributed by atoms with Crippen molar-refractivity contribution in [1.29, 1.82) is 0 Å². The first kappa shape index (κ1) is 8.70. The lowest BCUT2D eigenvalue weighted by Crippen LogP contribution is -1.94. The maximum absolute atomic E-state index is 2.25. The van der Waals surface area contributed by atoms with Gasteiger partial charge in [-0.15, -0.1) is 11.8 Å². The van der Waals surface area contributed by atoms with Crippen molar-refractivity contribution in [3.8, 4) is 0 Å². The summed E-state index contributed by atoms with van der Waals surface area (Å²) in [6.07, 6.45) is 2.15. The summed E-state index contributed by atoms with van der Waals surface area (Å²) < 4.78 is 0.759. The van der Waals surface area contributed by atoms with Gasteiger partial charge in [-0.2, -0.15) is 11.8 Å². The molecule has 50 valence electrons. The number of hydrogen-bond donors (Lipinski definition) is 0. The third-order valence-corrected chi connectivity index (χ3v) is 3.30. The van der Waals surface area contributed by atoms with Crippen LogP contribution in [0.5, 0.6) is 0 Å². The van der Waals surface area contributed by atoms with Crippen molar-refractivity contribution in [3.05, 3.63) is 0 Å². The first-order chi connectivity index (χ1) is 3.66. The Labute approximate surface area is 60.8 Å². The SMILES string of the molecule is CSC(C)SC(C)C. The molecule has 0 N–H and O–H groups in total. The molecule has 0 heterocycles. The average Bonchev–Trinajstić information content (AvgIpc) is 1.65. The first-order valence-electron chi connectivity index (χ1n) is 2.85. The van der Waals surface area contributed by atoms with Crippen LogP contribution in [0.15, 0.2) is 0 Å². The fourth-order valence-electron chi connectivity index (χ4n) is 0.439. The highest BCUT2D eigenvalue weighted by molar-refractivity contribution is 8.16. The molecule has 8 heavy (non-hydrogen) atoms. The van der Waals surface area contributed by atoms with E-state index >= 15 is 0 Å². The van der Waals surface area contributed by atoms with Gasteiger partial charge < -0.3 is 0 Å². The highest BCUT2D eigenvalue weighted by Gasteiger charge is 2.00. The van der Waals surface area contributed by atoms with Crippen LogP contribution in [0.25, 0.3) is 0 Å². The molecule has 0 aliphatic heterocycles. The molecule has 0 amide bonds. The summed E-state index contributed by atoms with van der Waals surface area (Å²) in [5, 5.41) is 0.775. The Morgan fingerprint density at radius 2 is 1.62 bits per heavy atom. The lowest BCUT2D eigenvalue weighted by Gasteiger charge is -2.09. The second-order valence-corrected chi connectivity index (χ2v) is 5.39. The summed E-state index contributed by atoms with van der Waals surface area (Å²) in [6.45, 7) is 6.71. The standard InChI is InChI=1S/C6H14S2/c1-5(2)8-6(3)7-4/h5-6H,1-4H3. The van der Waals surface area contributed by atoms with Crippen LogP contribution in [0.2, 0.25) is 0 Å². The van der Waals surface area contributed by atoms with Crippen LogP contribution >= 0.6 is 23.5 Å². The van der Waals surface area contributed by atoms with E-state index in [1.165, 1.54) is 0 Å². The summed E-state index contributed by atoms with van der Waals surface area (Å²) >= 11 is 3.93. The normalized spacial score (nSPS) is 14.6. The lowest BCUT2D eigenvalue weighted by atomic mass is 10.6. The molecule has 2 heteroatoms. The van der Waals surface area contributed by atoms with Gasteiger partial charge in [-0.1, -0.05) is 13.8 Å². The van der Waals surface area contributed by atoms with Crippen LogP contribution in [0.4, 0.5) is 0 Å². The van der Waals surface area contributed by atoms with Gasteiger partial charge in [0.2, 0.25) is 0 Å². The van der Waals surface area contributed by atoms with E-state index in [4.69, 9.17) is 0 Å². The zero-order valence-electron chi connectivity index (χ0n) is 5.97. The van der Waals surface area contributed by atoms with Crippen molar-refractivity contribution in [3.63, 3.8) is 0 Å². The predicted octanol–water partition coefficient (Wildman–Crippen LogP) is 2.84. The molecule has 0 radical (unpaired) electrons. The van der Waals surface area contributed by atoms with Crippen molar-refractivity contribution < 1.29 is 0 Å². The maximum atomic E-state index is 2.25. The highest BCUT2D eigenvalue weighted by Crippen LogP contribution is 2.23. The van der Waals surface area contributed by atoms with Gasteiger partial charge in [0, 0.05) is 9.83 Å². The van der Waals surface area contributed by atoms with Crippen LogP contribution in [-0.4, -0.2) is 16.1 Å². The summed E-state index contributed by atoms with van der Waals surface area (Å²) in [5.41, 5.74) is 0. The van der Waals surface area contributed by atoms with Crippen molar-refractivity contribution in [2.75, 3.05) is 6.26 Å². The quantitative estimate of drug-likeness (QED) is 0.567. The Morgan fingerprint density at radius 1 is 1.12 bits per heavy atom. The zero-order chi connectivity index (χ0) is 6.57. The van der Waals surface area contributed by atoms with Gasteiger partial charge in [0.1, 0.15) is 0 Å². The third kappa shape index (κ3) is 4.85. The van der Waals surface area contributed by atoms with Gasteiger partial charge in [-0.25, -0.2) is 0 Å². The Bertz CT molecular complexity index is 52.5. The molecular weight excluding hydrogens is 136 g/mol. The highest BCUT2D eigenvalue weighted by atomic mass is 32.2. The molecule has 0 aliphatic rings. The molecule has 0 spiro atoms. The van der Waals surface area contributed by atoms with E-state index in [1.807, 2.05) is 23.5 Å². The van der Waals surface area contributed by atoms with Gasteiger partial charge in [-0.05, 0) is 13.2 Å². The van der Waals surface area contributed by atoms with Crippen molar-refractivity contribution in [2.24, 2.45) is 0 Å². The molecule has 1 atom stereocenters. The molecule has 0 aromatic carbocycles. The number of thioether (sulfide) groups is 2. The van der Waals surface area contributed by atoms with Gasteiger partial charge in [-0.3, -0.25) is 0 Å². The Hall–Kier alpha value is 0.700. The second-order valence-electron chi connectivity index (χ2n) is 1.99. The fourth-order valence-corrected chi connectivity index (χ4v) is 2.32. The van der Waals surface area contributed by atoms with E-state index in [2.05, 4.69) is 27.0 Å². The Kier molecular flexibility index (Phi) is 4.97. The molecule has 0 saturated heterocycles. The second kappa shape index (κ2) is 4.57. The van der Waals surface area contributed by atoms with Crippen molar-refractivity contribution in [1.82, 2.24) is 0 Å². The first-order valence-corrected chi connectivity index (χ1v) is 5.08. The van der Waals surface area contributed by atoms with Crippen LogP contribution < -0.4 is 0 Å². The molecule has 0 saturated carbocycles. The van der Waals surface area contributed by atoms with E-state index in [9.17, 15) is 0 Å². The minimum atomic E-state index is 0.759. The minimum absolute atomic E-state index is 0.759. The molecule has 0 aromatic heterocycles. The smallest absolute Gasteiger partial charge is 0.0474 e. The van der Waals surface area contributed by atoms with Crippen LogP contribution in [-0.2, 0) is 0 Å². The molecule has 0 fully saturated rings. The van der Waals surface area contributed by atoms with E-state index in [-0.39, 0.29) is 0 Å². The number of rotatable bonds is 3. The zero-order valence-corrected chi connectivity index (χ0v) is 7.60. The van der Waals surface area contributed by atoms with Gasteiger partial charge in [0.15, 0.2) is 0 Å². The molecule has 0 aromatic rings. The van der Waals surface area contributed by atoms with Crippen molar-refractivity contribution in [2.45, 2.75) is 30.6 Å². The summed E-state index contributed by atoms with van der Waals surface area (Å²) in [7, 11) is 0. The van der Waals surface area contributed by atoms with Gasteiger partial charge >= 0.3 is 0 Å². The molecule has 0 nitrogen and oxygen atoms in total. The summed E-state index contributed by atoms with van der Waals surface area (Å²) in [6, 6.07) is 0. The molecule has 1 unspecified atom stereocenters. The Balaban J connectivity index is 3.10. The van der Waals surface area contributed by atoms with E-state index in [0.717, 1.165) is 9.83 Å². The summed E-state index contributed by atoms with van der Waals surface area (Å²) in [4.78, 5) is 0. The van der Waals surface area contributed by atoms with E-state index in [1.54, 1.807) is 0 Å². The fraction of sp³-hybridized carbons (Fsp3) is 1.00. The van der Waals surface area contributed by atoms with Crippen LogP contribution in [0.3, 0.4) is 0 Å². The molecule has 0 aliphatic carbocycles. The molecular formula is C6H14S2. The lowest BCUT2D eigenvalue weighted by molar-refractivity contribution is 1.11. The topological polar surface area (TPSA) is 0 Å². The van der Waals surface area contributed by atoms with Crippen LogP contribution in [0.1, 0.15) is 20.8 Å².